The van der Waals surface area contributed by atoms with Crippen molar-refractivity contribution in [3.8, 4) is 28.8 Å². The van der Waals surface area contributed by atoms with Gasteiger partial charge in [0.1, 0.15) is 18.3 Å². The van der Waals surface area contributed by atoms with Crippen LogP contribution in [0.5, 0.6) is 0 Å². The Labute approximate surface area is 252 Å². The molecule has 0 saturated carbocycles. The molecule has 1 saturated heterocycles. The summed E-state index contributed by atoms with van der Waals surface area (Å²) in [6, 6.07) is 12.2. The van der Waals surface area contributed by atoms with E-state index in [0.29, 0.717) is 32.6 Å². The fraction of sp³-hybridized carbons (Fsp3) is 0.345. The van der Waals surface area contributed by atoms with Gasteiger partial charge in [-0.15, -0.1) is 10.1 Å². The minimum Gasteiger partial charge on any atom is -0.454 e. The molecule has 0 radical (unpaired) electrons. The summed E-state index contributed by atoms with van der Waals surface area (Å²) >= 11 is 12.6. The van der Waals surface area contributed by atoms with Gasteiger partial charge in [-0.2, -0.15) is 5.10 Å². The number of carbonyl (C=O) groups excluding carboxylic acids is 2. The molecule has 0 unspecified atom stereocenters. The van der Waals surface area contributed by atoms with Gasteiger partial charge in [-0.3, -0.25) is 0 Å². The number of hydrogen-bond acceptors (Lipinski definition) is 8. The summed E-state index contributed by atoms with van der Waals surface area (Å²) in [6.45, 7) is 7.43. The molecule has 0 bridgehead atoms. The Morgan fingerprint density at radius 1 is 1.14 bits per heavy atom. The highest BCUT2D eigenvalue weighted by Gasteiger charge is 2.37. The first-order chi connectivity index (χ1) is 19.8. The highest BCUT2D eigenvalue weighted by molar-refractivity contribution is 6.35. The van der Waals surface area contributed by atoms with Crippen molar-refractivity contribution in [2.24, 2.45) is 0 Å². The van der Waals surface area contributed by atoms with Gasteiger partial charge in [-0.25, -0.2) is 14.3 Å². The summed E-state index contributed by atoms with van der Waals surface area (Å²) < 4.78 is 12.6. The second-order valence-electron chi connectivity index (χ2n) is 10.4. The predicted octanol–water partition coefficient (Wildman–Crippen LogP) is 5.88. The lowest BCUT2D eigenvalue weighted by molar-refractivity contribution is -0.757. The third-order valence-electron chi connectivity index (χ3n) is 6.04. The van der Waals surface area contributed by atoms with Crippen molar-refractivity contribution in [2.45, 2.75) is 45.8 Å². The van der Waals surface area contributed by atoms with Crippen molar-refractivity contribution >= 4 is 35.3 Å². The quantitative estimate of drug-likeness (QED) is 0.106. The van der Waals surface area contributed by atoms with E-state index in [-0.39, 0.29) is 31.8 Å². The van der Waals surface area contributed by atoms with Gasteiger partial charge >= 0.3 is 12.1 Å². The van der Waals surface area contributed by atoms with Crippen LogP contribution in [0.15, 0.2) is 42.5 Å². The van der Waals surface area contributed by atoms with Crippen LogP contribution in [0.1, 0.15) is 48.8 Å². The zero-order valence-electron chi connectivity index (χ0n) is 23.3. The van der Waals surface area contributed by atoms with E-state index < -0.39 is 28.9 Å². The first kappa shape index (κ1) is 30.7. The summed E-state index contributed by atoms with van der Waals surface area (Å²) in [4.78, 5) is 41.5. The molecule has 220 valence electrons. The molecule has 0 atom stereocenters. The number of halogens is 2. The summed E-state index contributed by atoms with van der Waals surface area (Å²) in [5, 5.41) is 14.8. The molecule has 1 aromatic heterocycles. The molecule has 0 aliphatic carbocycles. The Kier molecular flexibility index (Phi) is 9.29. The van der Waals surface area contributed by atoms with Gasteiger partial charge in [0.2, 0.25) is 0 Å². The third-order valence-corrected chi connectivity index (χ3v) is 6.58. The molecular formula is C29H28Cl2N4O7. The van der Waals surface area contributed by atoms with Crippen molar-refractivity contribution in [1.82, 2.24) is 14.7 Å². The molecular weight excluding hydrogens is 587 g/mol. The van der Waals surface area contributed by atoms with Crippen molar-refractivity contribution in [3.63, 3.8) is 0 Å². The summed E-state index contributed by atoms with van der Waals surface area (Å²) in [6.07, 6.45) is -0.759. The number of benzene rings is 2. The number of esters is 1. The molecule has 0 spiro atoms. The van der Waals surface area contributed by atoms with Crippen LogP contribution in [0, 0.1) is 28.9 Å². The van der Waals surface area contributed by atoms with E-state index in [0.717, 1.165) is 5.56 Å². The number of hydrogen-bond donors (Lipinski definition) is 0. The van der Waals surface area contributed by atoms with Crippen LogP contribution in [-0.2, 0) is 14.3 Å². The largest absolute Gasteiger partial charge is 0.454 e. The maximum absolute atomic E-state index is 13.3. The van der Waals surface area contributed by atoms with E-state index in [1.54, 1.807) is 62.7 Å². The Morgan fingerprint density at radius 3 is 2.45 bits per heavy atom. The fourth-order valence-electron chi connectivity index (χ4n) is 4.10. The molecule has 4 rings (SSSR count). The minimum absolute atomic E-state index is 0.0985. The lowest BCUT2D eigenvalue weighted by Gasteiger charge is -2.38. The van der Waals surface area contributed by atoms with E-state index in [1.165, 1.54) is 4.90 Å². The molecule has 11 nitrogen and oxygen atoms in total. The number of likely N-dealkylation sites (tertiary alicyclic amines) is 1. The number of aromatic nitrogens is 2. The number of nitrogens with zero attached hydrogens (tertiary/aromatic N) is 4. The highest BCUT2D eigenvalue weighted by atomic mass is 35.5. The molecule has 13 heteroatoms. The average molecular weight is 615 g/mol. The zero-order chi connectivity index (χ0) is 30.6. The molecule has 1 fully saturated rings. The Hall–Kier alpha value is -4.27. The van der Waals surface area contributed by atoms with E-state index in [9.17, 15) is 19.7 Å². The zero-order valence-corrected chi connectivity index (χ0v) is 24.9. The first-order valence-corrected chi connectivity index (χ1v) is 13.7. The maximum atomic E-state index is 13.3. The number of rotatable bonds is 7. The number of carbonyl (C=O) groups is 2. The van der Waals surface area contributed by atoms with Gasteiger partial charge in [0.05, 0.1) is 29.5 Å². The molecule has 3 aromatic rings. The molecule has 42 heavy (non-hydrogen) atoms. The predicted molar refractivity (Wildman–Crippen MR) is 155 cm³/mol. The summed E-state index contributed by atoms with van der Waals surface area (Å²) in [5.74, 6) is 5.13. The van der Waals surface area contributed by atoms with Crippen LogP contribution in [0.25, 0.3) is 16.9 Å². The van der Waals surface area contributed by atoms with Crippen LogP contribution >= 0.6 is 23.2 Å². The van der Waals surface area contributed by atoms with Gasteiger partial charge < -0.3 is 19.2 Å². The molecule has 1 amide bonds. The standard InChI is InChI=1S/C29H28Cl2N4O7/c1-18-25(27(36)41-22-16-33(17-22)28(37)42-29(2,3)4)32-34(24-13-12-21(30)15-23(24)31)26(18)20-10-8-19(9-11-20)7-5-6-14-40-35(38)39/h8-13,15,22H,6,14,16-17H2,1-4H3. The summed E-state index contributed by atoms with van der Waals surface area (Å²) in [5.41, 5.74) is 2.56. The maximum Gasteiger partial charge on any atom is 0.410 e. The fourth-order valence-corrected chi connectivity index (χ4v) is 4.59. The second-order valence-corrected chi connectivity index (χ2v) is 11.3. The van der Waals surface area contributed by atoms with E-state index >= 15 is 0 Å². The van der Waals surface area contributed by atoms with Gasteiger partial charge in [-0.1, -0.05) is 47.2 Å². The topological polar surface area (TPSA) is 126 Å². The molecule has 2 heterocycles. The van der Waals surface area contributed by atoms with Crippen molar-refractivity contribution in [3.05, 3.63) is 79.4 Å². The highest BCUT2D eigenvalue weighted by Crippen LogP contribution is 2.33. The smallest absolute Gasteiger partial charge is 0.410 e. The van der Waals surface area contributed by atoms with Crippen LogP contribution in [-0.4, -0.2) is 63.2 Å². The Balaban J connectivity index is 1.57. The van der Waals surface area contributed by atoms with Crippen molar-refractivity contribution < 1.29 is 29.0 Å². The van der Waals surface area contributed by atoms with Gasteiger partial charge in [0.25, 0.3) is 5.09 Å². The number of amides is 1. The monoisotopic (exact) mass is 614 g/mol. The van der Waals surface area contributed by atoms with Crippen molar-refractivity contribution in [1.29, 1.82) is 0 Å². The van der Waals surface area contributed by atoms with Crippen LogP contribution < -0.4 is 0 Å². The molecule has 0 N–H and O–H groups in total. The van der Waals surface area contributed by atoms with Crippen LogP contribution in [0.3, 0.4) is 0 Å². The first-order valence-electron chi connectivity index (χ1n) is 12.9. The van der Waals surface area contributed by atoms with Crippen molar-refractivity contribution in [2.75, 3.05) is 19.7 Å². The lowest BCUT2D eigenvalue weighted by atomic mass is 10.0. The second kappa shape index (κ2) is 12.7. The Morgan fingerprint density at radius 2 is 1.83 bits per heavy atom. The van der Waals surface area contributed by atoms with E-state index in [2.05, 4.69) is 21.8 Å². The van der Waals surface area contributed by atoms with Gasteiger partial charge in [0, 0.05) is 28.1 Å². The van der Waals surface area contributed by atoms with Crippen LogP contribution in [0.4, 0.5) is 4.79 Å². The van der Waals surface area contributed by atoms with E-state index in [4.69, 9.17) is 32.7 Å². The molecule has 1 aliphatic heterocycles. The summed E-state index contributed by atoms with van der Waals surface area (Å²) in [7, 11) is 0. The van der Waals surface area contributed by atoms with Gasteiger partial charge in [-0.05, 0) is 58.0 Å². The Bertz CT molecular complexity index is 1560. The van der Waals surface area contributed by atoms with Crippen LogP contribution in [0.2, 0.25) is 10.0 Å². The van der Waals surface area contributed by atoms with Gasteiger partial charge in [0.15, 0.2) is 5.69 Å². The number of ether oxygens (including phenoxy) is 2. The van der Waals surface area contributed by atoms with E-state index in [1.807, 2.05) is 12.1 Å². The third kappa shape index (κ3) is 7.51. The minimum atomic E-state index is -0.857. The normalized spacial score (nSPS) is 13.0. The average Bonchev–Trinajstić information content (AvgIpc) is 3.21. The lowest BCUT2D eigenvalue weighted by Crippen LogP contribution is -2.56. The molecule has 2 aromatic carbocycles. The molecule has 1 aliphatic rings. The SMILES string of the molecule is Cc1c(C(=O)OC2CN(C(=O)OC(C)(C)C)C2)nn(-c2ccc(Cl)cc2Cl)c1-c1ccc(C#CCCO[N+](=O)[O-])cc1.